The van der Waals surface area contributed by atoms with Gasteiger partial charge >= 0.3 is 0 Å². The van der Waals surface area contributed by atoms with Gasteiger partial charge in [-0.15, -0.1) is 0 Å². The number of nitrogens with one attached hydrogen (secondary N) is 1. The number of likely N-dealkylation sites (tertiary alicyclic amines) is 1. The smallest absolute Gasteiger partial charge is 0.224 e. The third kappa shape index (κ3) is 4.96. The second-order valence-electron chi connectivity index (χ2n) is 6.91. The van der Waals surface area contributed by atoms with Crippen LogP contribution in [0.4, 0.5) is 10.1 Å². The Morgan fingerprint density at radius 3 is 2.83 bits per heavy atom. The fourth-order valence-corrected chi connectivity index (χ4v) is 4.91. The number of halogens is 1. The monoisotopic (exact) mass is 350 g/mol. The molecule has 3 rings (SSSR count). The normalized spacial score (nSPS) is 23.1. The number of nitrogens with zero attached hydrogens (tertiary/aromatic N) is 1. The van der Waals surface area contributed by atoms with E-state index in [0.29, 0.717) is 12.3 Å². The zero-order chi connectivity index (χ0) is 16.8. The summed E-state index contributed by atoms with van der Waals surface area (Å²) < 4.78 is 13.6. The Morgan fingerprint density at radius 2 is 2.04 bits per heavy atom. The van der Waals surface area contributed by atoms with E-state index in [4.69, 9.17) is 0 Å². The van der Waals surface area contributed by atoms with Crippen LogP contribution in [0.1, 0.15) is 38.5 Å². The number of hydrogen-bond donors (Lipinski definition) is 1. The molecule has 0 radical (unpaired) electrons. The summed E-state index contributed by atoms with van der Waals surface area (Å²) in [4.78, 5) is 14.8. The number of hydrogen-bond acceptors (Lipinski definition) is 3. The van der Waals surface area contributed by atoms with Crippen LogP contribution in [0.3, 0.4) is 0 Å². The molecule has 2 aliphatic rings. The summed E-state index contributed by atoms with van der Waals surface area (Å²) in [6, 6.07) is 7.10. The molecule has 0 unspecified atom stereocenters. The molecule has 1 aromatic carbocycles. The average Bonchev–Trinajstić information content (AvgIpc) is 2.63. The first-order valence-electron chi connectivity index (χ1n) is 9.08. The summed E-state index contributed by atoms with van der Waals surface area (Å²) in [6.45, 7) is 2.34. The van der Waals surface area contributed by atoms with Crippen molar-refractivity contribution in [1.29, 1.82) is 0 Å². The minimum absolute atomic E-state index is 0.0775. The Morgan fingerprint density at radius 1 is 1.25 bits per heavy atom. The average molecular weight is 351 g/mol. The van der Waals surface area contributed by atoms with Crippen LogP contribution in [0.2, 0.25) is 0 Å². The first kappa shape index (κ1) is 17.7. The summed E-state index contributed by atoms with van der Waals surface area (Å²) in [5.74, 6) is 2.73. The van der Waals surface area contributed by atoms with Crippen molar-refractivity contribution in [3.8, 4) is 0 Å². The number of carbonyl (C=O) groups excluding carboxylic acids is 1. The van der Waals surface area contributed by atoms with Crippen molar-refractivity contribution in [2.75, 3.05) is 29.9 Å². The molecule has 132 valence electrons. The van der Waals surface area contributed by atoms with Crippen LogP contribution in [0.25, 0.3) is 0 Å². The molecule has 5 heteroatoms. The third-order valence-corrected chi connectivity index (χ3v) is 6.23. The quantitative estimate of drug-likeness (QED) is 0.866. The SMILES string of the molecule is O=C(CC[C@@H]1CCCN(C2CCSCC2)C1)Nc1ccccc1F. The highest BCUT2D eigenvalue weighted by Gasteiger charge is 2.27. The van der Waals surface area contributed by atoms with Gasteiger partial charge in [-0.25, -0.2) is 4.39 Å². The Hall–Kier alpha value is -1.07. The van der Waals surface area contributed by atoms with Crippen LogP contribution in [0.15, 0.2) is 24.3 Å². The molecule has 1 aromatic rings. The first-order chi connectivity index (χ1) is 11.7. The zero-order valence-electron chi connectivity index (χ0n) is 14.2. The molecule has 1 atom stereocenters. The van der Waals surface area contributed by atoms with Crippen molar-refractivity contribution >= 4 is 23.4 Å². The molecular formula is C19H27FN2OS. The van der Waals surface area contributed by atoms with Crippen LogP contribution in [-0.4, -0.2) is 41.4 Å². The van der Waals surface area contributed by atoms with Gasteiger partial charge in [0.15, 0.2) is 0 Å². The Balaban J connectivity index is 1.44. The van der Waals surface area contributed by atoms with Gasteiger partial charge in [0.05, 0.1) is 5.69 Å². The van der Waals surface area contributed by atoms with E-state index in [-0.39, 0.29) is 17.4 Å². The topological polar surface area (TPSA) is 32.3 Å². The highest BCUT2D eigenvalue weighted by atomic mass is 32.2. The predicted molar refractivity (Wildman–Crippen MR) is 98.9 cm³/mol. The van der Waals surface area contributed by atoms with E-state index in [1.807, 2.05) is 0 Å². The van der Waals surface area contributed by atoms with Gasteiger partial charge in [-0.1, -0.05) is 12.1 Å². The van der Waals surface area contributed by atoms with Crippen LogP contribution in [0, 0.1) is 11.7 Å². The molecule has 1 amide bonds. The van der Waals surface area contributed by atoms with E-state index < -0.39 is 0 Å². The number of benzene rings is 1. The molecule has 3 nitrogen and oxygen atoms in total. The van der Waals surface area contributed by atoms with Crippen molar-refractivity contribution in [1.82, 2.24) is 4.90 Å². The maximum absolute atomic E-state index is 13.6. The molecule has 2 fully saturated rings. The van der Waals surface area contributed by atoms with Gasteiger partial charge in [0.2, 0.25) is 5.91 Å². The van der Waals surface area contributed by atoms with Gasteiger partial charge in [0.1, 0.15) is 5.82 Å². The van der Waals surface area contributed by atoms with Crippen LogP contribution >= 0.6 is 11.8 Å². The van der Waals surface area contributed by atoms with Gasteiger partial charge in [-0.2, -0.15) is 11.8 Å². The van der Waals surface area contributed by atoms with Gasteiger partial charge in [-0.05, 0) is 68.2 Å². The number of rotatable bonds is 5. The van der Waals surface area contributed by atoms with Crippen LogP contribution < -0.4 is 5.32 Å². The summed E-state index contributed by atoms with van der Waals surface area (Å²) in [7, 11) is 0. The molecule has 2 heterocycles. The predicted octanol–water partition coefficient (Wildman–Crippen LogP) is 4.15. The lowest BCUT2D eigenvalue weighted by Crippen LogP contribution is -2.44. The number of para-hydroxylation sites is 1. The van der Waals surface area contributed by atoms with Gasteiger partial charge in [-0.3, -0.25) is 4.79 Å². The van der Waals surface area contributed by atoms with Gasteiger partial charge in [0.25, 0.3) is 0 Å². The molecule has 0 aromatic heterocycles. The Labute approximate surface area is 148 Å². The lowest BCUT2D eigenvalue weighted by atomic mass is 9.91. The standard InChI is InChI=1S/C19H27FN2OS/c20-17-5-1-2-6-18(17)21-19(23)8-7-15-4-3-11-22(14-15)16-9-12-24-13-10-16/h1-2,5-6,15-16H,3-4,7-14H2,(H,21,23)/t15-/m0/s1. The summed E-state index contributed by atoms with van der Waals surface area (Å²) in [6.07, 6.45) is 6.45. The van der Waals surface area contributed by atoms with Crippen LogP contribution in [-0.2, 0) is 4.79 Å². The van der Waals surface area contributed by atoms with E-state index in [0.717, 1.165) is 19.0 Å². The zero-order valence-corrected chi connectivity index (χ0v) is 15.0. The Kier molecular flexibility index (Phi) is 6.55. The van der Waals surface area contributed by atoms with Crippen molar-refractivity contribution in [3.05, 3.63) is 30.1 Å². The number of amides is 1. The molecule has 0 spiro atoms. The third-order valence-electron chi connectivity index (χ3n) is 5.19. The van der Waals surface area contributed by atoms with Gasteiger partial charge < -0.3 is 10.2 Å². The van der Waals surface area contributed by atoms with E-state index >= 15 is 0 Å². The summed E-state index contributed by atoms with van der Waals surface area (Å²) in [5, 5.41) is 2.69. The summed E-state index contributed by atoms with van der Waals surface area (Å²) >= 11 is 2.07. The van der Waals surface area contributed by atoms with Crippen molar-refractivity contribution in [2.45, 2.75) is 44.6 Å². The molecule has 0 aliphatic carbocycles. The lowest BCUT2D eigenvalue weighted by Gasteiger charge is -2.40. The maximum atomic E-state index is 13.6. The maximum Gasteiger partial charge on any atom is 0.224 e. The highest BCUT2D eigenvalue weighted by Crippen LogP contribution is 2.28. The number of thioether (sulfide) groups is 1. The van der Waals surface area contributed by atoms with Crippen LogP contribution in [0.5, 0.6) is 0 Å². The van der Waals surface area contributed by atoms with Gasteiger partial charge in [0, 0.05) is 19.0 Å². The molecular weight excluding hydrogens is 323 g/mol. The fraction of sp³-hybridized carbons (Fsp3) is 0.632. The lowest BCUT2D eigenvalue weighted by molar-refractivity contribution is -0.116. The van der Waals surface area contributed by atoms with Crippen molar-refractivity contribution < 1.29 is 9.18 Å². The second kappa shape index (κ2) is 8.86. The van der Waals surface area contributed by atoms with E-state index in [1.54, 1.807) is 18.2 Å². The minimum Gasteiger partial charge on any atom is -0.324 e. The molecule has 0 bridgehead atoms. The largest absolute Gasteiger partial charge is 0.324 e. The number of carbonyl (C=O) groups is 1. The Bertz CT molecular complexity index is 548. The first-order valence-corrected chi connectivity index (χ1v) is 10.2. The molecule has 2 saturated heterocycles. The highest BCUT2D eigenvalue weighted by molar-refractivity contribution is 7.99. The molecule has 2 aliphatic heterocycles. The molecule has 24 heavy (non-hydrogen) atoms. The van der Waals surface area contributed by atoms with Crippen molar-refractivity contribution in [3.63, 3.8) is 0 Å². The second-order valence-corrected chi connectivity index (χ2v) is 8.14. The molecule has 1 N–H and O–H groups in total. The van der Waals surface area contributed by atoms with E-state index in [2.05, 4.69) is 22.0 Å². The van der Waals surface area contributed by atoms with Crippen molar-refractivity contribution in [2.24, 2.45) is 5.92 Å². The van der Waals surface area contributed by atoms with E-state index in [1.165, 1.54) is 49.8 Å². The minimum atomic E-state index is -0.371. The number of anilines is 1. The molecule has 0 saturated carbocycles. The number of piperidine rings is 1. The summed E-state index contributed by atoms with van der Waals surface area (Å²) in [5.41, 5.74) is 0.285. The van der Waals surface area contributed by atoms with E-state index in [9.17, 15) is 9.18 Å². The fourth-order valence-electron chi connectivity index (χ4n) is 3.83.